The zero-order valence-corrected chi connectivity index (χ0v) is 20.6. The number of aliphatic hydroxyl groups is 3. The zero-order chi connectivity index (χ0) is 26.7. The number of ketones is 1. The molecule has 1 saturated carbocycles. The Morgan fingerprint density at radius 3 is 2.08 bits per heavy atom. The molecule has 0 bridgehead atoms. The minimum Gasteiger partial charge on any atom is -0.496 e. The summed E-state index contributed by atoms with van der Waals surface area (Å²) in [6.45, 7) is 3.20. The fourth-order valence-corrected chi connectivity index (χ4v) is 5.65. The molecule has 11 nitrogen and oxygen atoms in total. The number of ether oxygens (including phenoxy) is 5. The molecule has 0 aromatic heterocycles. The van der Waals surface area contributed by atoms with Gasteiger partial charge in [-0.15, -0.1) is 0 Å². The Kier molecular flexibility index (Phi) is 6.14. The van der Waals surface area contributed by atoms with Crippen LogP contribution in [0.2, 0.25) is 0 Å². The van der Waals surface area contributed by atoms with Crippen molar-refractivity contribution in [3.63, 3.8) is 0 Å². The topological polar surface area (TPSA) is 158 Å². The molecule has 0 unspecified atom stereocenters. The van der Waals surface area contributed by atoms with Crippen LogP contribution in [-0.2, 0) is 19.1 Å². The number of methoxy groups -OCH3 is 3. The van der Waals surface area contributed by atoms with Gasteiger partial charge in [0.25, 0.3) is 0 Å². The summed E-state index contributed by atoms with van der Waals surface area (Å²) in [5.41, 5.74) is -5.13. The molecule has 0 aliphatic heterocycles. The molecule has 36 heavy (non-hydrogen) atoms. The molecule has 2 aromatic carbocycles. The van der Waals surface area contributed by atoms with Crippen LogP contribution in [0.5, 0.6) is 17.2 Å². The molecule has 2 aliphatic rings. The fraction of sp³-hybridized carbons (Fsp3) is 0.480. The highest BCUT2D eigenvalue weighted by atomic mass is 16.6. The number of carbonyl (C=O) groups excluding carboxylic acids is 3. The molecule has 2 aliphatic carbocycles. The van der Waals surface area contributed by atoms with E-state index in [1.807, 2.05) is 0 Å². The average molecular weight is 504 g/mol. The predicted octanol–water partition coefficient (Wildman–Crippen LogP) is 0.865. The van der Waals surface area contributed by atoms with Gasteiger partial charge in [0.2, 0.25) is 5.78 Å². The minimum atomic E-state index is -2.66. The van der Waals surface area contributed by atoms with E-state index < -0.39 is 53.2 Å². The van der Waals surface area contributed by atoms with Crippen molar-refractivity contribution in [1.29, 1.82) is 0 Å². The molecule has 6 atom stereocenters. The average Bonchev–Trinajstić information content (AvgIpc) is 3.05. The molecule has 1 fully saturated rings. The maximum Gasteiger partial charge on any atom is 0.303 e. The summed E-state index contributed by atoms with van der Waals surface area (Å²) in [6, 6.07) is 5.01. The Morgan fingerprint density at radius 1 is 0.944 bits per heavy atom. The highest BCUT2D eigenvalue weighted by Gasteiger charge is 2.74. The van der Waals surface area contributed by atoms with Gasteiger partial charge in [-0.2, -0.15) is 0 Å². The molecular weight excluding hydrogens is 476 g/mol. The summed E-state index contributed by atoms with van der Waals surface area (Å²) >= 11 is 0. The Balaban J connectivity index is 2.18. The summed E-state index contributed by atoms with van der Waals surface area (Å²) in [4.78, 5) is 38.2. The number of fused-ring (bicyclic) bond motifs is 4. The van der Waals surface area contributed by atoms with E-state index in [9.17, 15) is 29.7 Å². The Hall–Kier alpha value is -3.41. The molecule has 2 aromatic rings. The van der Waals surface area contributed by atoms with Gasteiger partial charge in [-0.1, -0.05) is 12.1 Å². The van der Waals surface area contributed by atoms with Crippen molar-refractivity contribution < 1.29 is 53.4 Å². The van der Waals surface area contributed by atoms with Gasteiger partial charge < -0.3 is 39.0 Å². The normalized spacial score (nSPS) is 30.9. The SMILES string of the molecule is COc1c2c(c(OC)c3c(OC)cccc13)C(=O)[C@@]1(O)[C@@H]2[C@H](OC(C)=O)[C@@H](O)[C@](C)(O)[C@@H]1OC(C)=O. The summed E-state index contributed by atoms with van der Waals surface area (Å²) in [7, 11) is 4.11. The number of rotatable bonds is 5. The second-order valence-corrected chi connectivity index (χ2v) is 9.10. The number of carbonyl (C=O) groups is 3. The van der Waals surface area contributed by atoms with Gasteiger partial charge in [0.05, 0.1) is 38.2 Å². The van der Waals surface area contributed by atoms with E-state index in [1.54, 1.807) is 18.2 Å². The van der Waals surface area contributed by atoms with E-state index >= 15 is 0 Å². The summed E-state index contributed by atoms with van der Waals surface area (Å²) in [5, 5.41) is 35.3. The standard InChI is InChI=1S/C25H28O11/c1-10(26)35-20-17-15-16(19(34-6)14-12(18(15)33-5)8-7-9-13(14)32-4)21(28)25(17,31)23(36-11(2)27)24(3,30)22(20)29/h7-9,17,20,22-23,29-31H,1-6H3/t17-,20-,22+,23-,24-,25-/m0/s1. The lowest BCUT2D eigenvalue weighted by atomic mass is 9.63. The van der Waals surface area contributed by atoms with E-state index in [-0.39, 0.29) is 22.6 Å². The van der Waals surface area contributed by atoms with Crippen molar-refractivity contribution in [3.05, 3.63) is 29.3 Å². The van der Waals surface area contributed by atoms with E-state index in [1.165, 1.54) is 21.3 Å². The monoisotopic (exact) mass is 504 g/mol. The van der Waals surface area contributed by atoms with Crippen molar-refractivity contribution in [2.45, 2.75) is 56.2 Å². The van der Waals surface area contributed by atoms with Crippen molar-refractivity contribution >= 4 is 28.5 Å². The number of hydrogen-bond donors (Lipinski definition) is 3. The fourth-order valence-electron chi connectivity index (χ4n) is 5.65. The van der Waals surface area contributed by atoms with Gasteiger partial charge in [-0.3, -0.25) is 14.4 Å². The first-order chi connectivity index (χ1) is 16.9. The third-order valence-electron chi connectivity index (χ3n) is 7.00. The lowest BCUT2D eigenvalue weighted by Crippen LogP contribution is -2.74. The first-order valence-electron chi connectivity index (χ1n) is 11.1. The van der Waals surface area contributed by atoms with Gasteiger partial charge in [0.15, 0.2) is 11.7 Å². The van der Waals surface area contributed by atoms with Gasteiger partial charge in [-0.25, -0.2) is 0 Å². The van der Waals surface area contributed by atoms with Crippen LogP contribution in [0.25, 0.3) is 10.8 Å². The Labute approximate surface area is 206 Å². The van der Waals surface area contributed by atoms with Gasteiger partial charge in [-0.05, 0) is 13.0 Å². The first-order valence-corrected chi connectivity index (χ1v) is 11.1. The van der Waals surface area contributed by atoms with Crippen LogP contribution in [0.3, 0.4) is 0 Å². The van der Waals surface area contributed by atoms with Crippen molar-refractivity contribution in [2.75, 3.05) is 21.3 Å². The van der Waals surface area contributed by atoms with E-state index in [2.05, 4.69) is 0 Å². The highest BCUT2D eigenvalue weighted by molar-refractivity contribution is 6.17. The van der Waals surface area contributed by atoms with E-state index in [0.717, 1.165) is 20.8 Å². The summed E-state index contributed by atoms with van der Waals surface area (Å²) in [6.07, 6.45) is -5.43. The van der Waals surface area contributed by atoms with Gasteiger partial charge in [0, 0.05) is 24.8 Å². The number of Topliss-reactive ketones (excluding diaryl/α,β-unsaturated/α-hetero) is 1. The van der Waals surface area contributed by atoms with Crippen molar-refractivity contribution in [2.24, 2.45) is 0 Å². The van der Waals surface area contributed by atoms with Crippen molar-refractivity contribution in [3.8, 4) is 17.2 Å². The summed E-state index contributed by atoms with van der Waals surface area (Å²) < 4.78 is 27.5. The van der Waals surface area contributed by atoms with E-state index in [4.69, 9.17) is 23.7 Å². The van der Waals surface area contributed by atoms with Crippen LogP contribution in [0.15, 0.2) is 18.2 Å². The highest BCUT2D eigenvalue weighted by Crippen LogP contribution is 2.60. The van der Waals surface area contributed by atoms with Gasteiger partial charge >= 0.3 is 11.9 Å². The lowest BCUT2D eigenvalue weighted by molar-refractivity contribution is -0.263. The molecule has 0 heterocycles. The predicted molar refractivity (Wildman–Crippen MR) is 123 cm³/mol. The van der Waals surface area contributed by atoms with Crippen LogP contribution in [0.1, 0.15) is 42.6 Å². The van der Waals surface area contributed by atoms with Gasteiger partial charge in [0.1, 0.15) is 35.1 Å². The third kappa shape index (κ3) is 3.26. The van der Waals surface area contributed by atoms with Crippen LogP contribution in [0.4, 0.5) is 0 Å². The smallest absolute Gasteiger partial charge is 0.303 e. The second-order valence-electron chi connectivity index (χ2n) is 9.10. The lowest BCUT2D eigenvalue weighted by Gasteiger charge is -2.52. The number of benzene rings is 2. The number of hydrogen-bond acceptors (Lipinski definition) is 11. The summed E-state index contributed by atoms with van der Waals surface area (Å²) in [5.74, 6) is -3.72. The van der Waals surface area contributed by atoms with E-state index in [0.29, 0.717) is 16.5 Å². The Bertz CT molecular complexity index is 1270. The number of aliphatic hydroxyl groups excluding tert-OH is 1. The van der Waals surface area contributed by atoms with Crippen LogP contribution in [-0.4, -0.2) is 83.9 Å². The molecule has 194 valence electrons. The zero-order valence-electron chi connectivity index (χ0n) is 20.6. The minimum absolute atomic E-state index is 0.0309. The molecular formula is C25H28O11. The molecule has 0 spiro atoms. The molecule has 11 heteroatoms. The first kappa shape index (κ1) is 25.7. The van der Waals surface area contributed by atoms with Crippen LogP contribution < -0.4 is 14.2 Å². The molecule has 4 rings (SSSR count). The maximum absolute atomic E-state index is 14.1. The molecule has 0 radical (unpaired) electrons. The second kappa shape index (κ2) is 8.61. The Morgan fingerprint density at radius 2 is 1.56 bits per heavy atom. The quantitative estimate of drug-likeness (QED) is 0.496. The molecule has 0 saturated heterocycles. The van der Waals surface area contributed by atoms with Crippen molar-refractivity contribution in [1.82, 2.24) is 0 Å². The number of esters is 2. The third-order valence-corrected chi connectivity index (χ3v) is 7.00. The molecule has 0 amide bonds. The van der Waals surface area contributed by atoms with Crippen LogP contribution >= 0.6 is 0 Å². The van der Waals surface area contributed by atoms with Crippen LogP contribution in [0, 0.1) is 0 Å². The largest absolute Gasteiger partial charge is 0.496 e. The maximum atomic E-state index is 14.1. The molecule has 3 N–H and O–H groups in total.